The third kappa shape index (κ3) is 4.67. The van der Waals surface area contributed by atoms with Crippen molar-refractivity contribution in [3.8, 4) is 11.1 Å². The molecule has 0 saturated heterocycles. The molecule has 0 saturated carbocycles. The molecule has 132 valence electrons. The smallest absolute Gasteiger partial charge is 0.251 e. The molecule has 0 aliphatic rings. The van der Waals surface area contributed by atoms with E-state index in [0.717, 1.165) is 29.5 Å². The van der Waals surface area contributed by atoms with Gasteiger partial charge in [0.15, 0.2) is 0 Å². The molecule has 0 spiro atoms. The molecule has 0 heterocycles. The lowest BCUT2D eigenvalue weighted by Crippen LogP contribution is -2.37. The summed E-state index contributed by atoms with van der Waals surface area (Å²) in [7, 11) is 0. The largest absolute Gasteiger partial charge is 0.394 e. The van der Waals surface area contributed by atoms with Crippen LogP contribution in [-0.4, -0.2) is 29.6 Å². The maximum atomic E-state index is 12.3. The number of carbonyl (C=O) groups excluding carboxylic acids is 2. The van der Waals surface area contributed by atoms with E-state index < -0.39 is 5.91 Å². The van der Waals surface area contributed by atoms with Gasteiger partial charge in [-0.1, -0.05) is 31.5 Å². The molecule has 0 unspecified atom stereocenters. The van der Waals surface area contributed by atoms with Crippen LogP contribution in [0.3, 0.4) is 0 Å². The van der Waals surface area contributed by atoms with Crippen molar-refractivity contribution in [2.24, 2.45) is 5.73 Å². The molecule has 5 nitrogen and oxygen atoms in total. The number of nitrogens with one attached hydrogen (secondary N) is 1. The Kier molecular flexibility index (Phi) is 6.31. The zero-order valence-electron chi connectivity index (χ0n) is 14.6. The zero-order valence-corrected chi connectivity index (χ0v) is 14.6. The van der Waals surface area contributed by atoms with E-state index in [0.29, 0.717) is 11.1 Å². The molecule has 4 N–H and O–H groups in total. The van der Waals surface area contributed by atoms with Gasteiger partial charge in [0.1, 0.15) is 0 Å². The minimum atomic E-state index is -0.469. The van der Waals surface area contributed by atoms with Crippen molar-refractivity contribution in [3.05, 3.63) is 59.2 Å². The number of nitrogens with two attached hydrogens (primary N) is 1. The van der Waals surface area contributed by atoms with Gasteiger partial charge in [0.25, 0.3) is 5.91 Å². The van der Waals surface area contributed by atoms with Gasteiger partial charge in [-0.3, -0.25) is 9.59 Å². The van der Waals surface area contributed by atoms with E-state index in [1.165, 1.54) is 0 Å². The van der Waals surface area contributed by atoms with E-state index in [1.54, 1.807) is 24.3 Å². The maximum absolute atomic E-state index is 12.3. The van der Waals surface area contributed by atoms with Gasteiger partial charge >= 0.3 is 0 Å². The molecule has 1 atom stereocenters. The van der Waals surface area contributed by atoms with E-state index in [2.05, 4.69) is 5.32 Å². The van der Waals surface area contributed by atoms with Crippen LogP contribution in [0.5, 0.6) is 0 Å². The summed E-state index contributed by atoms with van der Waals surface area (Å²) in [5.74, 6) is -0.676. The lowest BCUT2D eigenvalue weighted by Gasteiger charge is -2.15. The maximum Gasteiger partial charge on any atom is 0.251 e. The van der Waals surface area contributed by atoms with Crippen LogP contribution in [0.1, 0.15) is 46.0 Å². The van der Waals surface area contributed by atoms with Crippen LogP contribution in [0.25, 0.3) is 11.1 Å². The summed E-state index contributed by atoms with van der Waals surface area (Å²) in [5, 5.41) is 12.1. The number of aryl methyl sites for hydroxylation is 1. The van der Waals surface area contributed by atoms with Gasteiger partial charge in [0.2, 0.25) is 5.91 Å². The molecule has 2 rings (SSSR count). The van der Waals surface area contributed by atoms with Crippen LogP contribution in [0.2, 0.25) is 0 Å². The van der Waals surface area contributed by atoms with E-state index in [9.17, 15) is 14.7 Å². The second-order valence-corrected chi connectivity index (χ2v) is 6.11. The zero-order chi connectivity index (χ0) is 18.4. The van der Waals surface area contributed by atoms with Gasteiger partial charge in [-0.15, -0.1) is 0 Å². The number of hydrogen-bond acceptors (Lipinski definition) is 3. The first kappa shape index (κ1) is 18.7. The van der Waals surface area contributed by atoms with Crippen molar-refractivity contribution in [1.29, 1.82) is 0 Å². The highest BCUT2D eigenvalue weighted by Gasteiger charge is 2.13. The molecule has 0 bridgehead atoms. The van der Waals surface area contributed by atoms with Crippen molar-refractivity contribution >= 4 is 11.8 Å². The van der Waals surface area contributed by atoms with Gasteiger partial charge in [-0.05, 0) is 54.3 Å². The van der Waals surface area contributed by atoms with Crippen molar-refractivity contribution in [2.75, 3.05) is 6.61 Å². The average Bonchev–Trinajstić information content (AvgIpc) is 2.61. The lowest BCUT2D eigenvalue weighted by molar-refractivity contribution is 0.0912. The fraction of sp³-hybridized carbons (Fsp3) is 0.300. The molecular weight excluding hydrogens is 316 g/mol. The molecule has 0 aliphatic heterocycles. The predicted molar refractivity (Wildman–Crippen MR) is 98.4 cm³/mol. The van der Waals surface area contributed by atoms with Crippen LogP contribution >= 0.6 is 0 Å². The highest BCUT2D eigenvalue weighted by molar-refractivity contribution is 5.96. The fourth-order valence-corrected chi connectivity index (χ4v) is 2.71. The Bertz CT molecular complexity index is 754. The molecule has 0 aliphatic carbocycles. The number of aliphatic hydroxyl groups excluding tert-OH is 1. The third-order valence-corrected chi connectivity index (χ3v) is 4.17. The Balaban J connectivity index is 2.21. The third-order valence-electron chi connectivity index (χ3n) is 4.17. The number of rotatable bonds is 7. The highest BCUT2D eigenvalue weighted by Crippen LogP contribution is 2.25. The van der Waals surface area contributed by atoms with Crippen molar-refractivity contribution in [3.63, 3.8) is 0 Å². The minimum Gasteiger partial charge on any atom is -0.394 e. The van der Waals surface area contributed by atoms with Crippen LogP contribution in [0.4, 0.5) is 0 Å². The van der Waals surface area contributed by atoms with Crippen LogP contribution < -0.4 is 11.1 Å². The Labute approximate surface area is 147 Å². The topological polar surface area (TPSA) is 92.4 Å². The summed E-state index contributed by atoms with van der Waals surface area (Å²) >= 11 is 0. The summed E-state index contributed by atoms with van der Waals surface area (Å²) in [6.07, 6.45) is 1.62. The molecule has 0 aromatic heterocycles. The summed E-state index contributed by atoms with van der Waals surface area (Å²) in [6.45, 7) is 3.89. The van der Waals surface area contributed by atoms with Gasteiger partial charge in [-0.2, -0.15) is 0 Å². The summed E-state index contributed by atoms with van der Waals surface area (Å²) in [5.41, 5.74) is 9.16. The Morgan fingerprint density at radius 2 is 1.76 bits per heavy atom. The molecule has 2 aromatic carbocycles. The Morgan fingerprint density at radius 1 is 1.12 bits per heavy atom. The fourth-order valence-electron chi connectivity index (χ4n) is 2.71. The summed E-state index contributed by atoms with van der Waals surface area (Å²) in [6, 6.07) is 12.2. The van der Waals surface area contributed by atoms with Crippen LogP contribution in [0, 0.1) is 6.92 Å². The predicted octanol–water partition coefficient (Wildman–Crippen LogP) is 2.65. The first-order valence-electron chi connectivity index (χ1n) is 8.38. The highest BCUT2D eigenvalue weighted by atomic mass is 16.3. The SMILES string of the molecule is CCC[C@@H](CO)NC(=O)c1ccc(-c2cc(C(N)=O)ccc2C)cc1. The summed E-state index contributed by atoms with van der Waals surface area (Å²) in [4.78, 5) is 23.6. The minimum absolute atomic E-state index is 0.0727. The number of benzene rings is 2. The first-order valence-corrected chi connectivity index (χ1v) is 8.38. The number of aliphatic hydroxyl groups is 1. The number of carbonyl (C=O) groups is 2. The molecule has 5 heteroatoms. The van der Waals surface area contributed by atoms with E-state index >= 15 is 0 Å². The second-order valence-electron chi connectivity index (χ2n) is 6.11. The van der Waals surface area contributed by atoms with Gasteiger partial charge in [0.05, 0.1) is 12.6 Å². The Morgan fingerprint density at radius 3 is 2.32 bits per heavy atom. The molecule has 25 heavy (non-hydrogen) atoms. The van der Waals surface area contributed by atoms with Crippen LogP contribution in [-0.2, 0) is 0 Å². The van der Waals surface area contributed by atoms with Crippen LogP contribution in [0.15, 0.2) is 42.5 Å². The first-order chi connectivity index (χ1) is 12.0. The molecule has 2 amide bonds. The lowest BCUT2D eigenvalue weighted by atomic mass is 9.97. The second kappa shape index (κ2) is 8.44. The number of hydrogen-bond donors (Lipinski definition) is 3. The molecule has 0 radical (unpaired) electrons. The average molecular weight is 340 g/mol. The van der Waals surface area contributed by atoms with Gasteiger partial charge in [-0.25, -0.2) is 0 Å². The van der Waals surface area contributed by atoms with Crippen molar-refractivity contribution in [1.82, 2.24) is 5.32 Å². The molecule has 2 aromatic rings. The number of amides is 2. The standard InChI is InChI=1S/C20H24N2O3/c1-3-4-17(12-23)22-20(25)15-9-7-14(8-10-15)18-11-16(19(21)24)6-5-13(18)2/h5-11,17,23H,3-4,12H2,1-2H3,(H2,21,24)(H,22,25)/t17-/m0/s1. The van der Waals surface area contributed by atoms with Crippen molar-refractivity contribution < 1.29 is 14.7 Å². The molecular formula is C20H24N2O3. The number of primary amides is 1. The van der Waals surface area contributed by atoms with Gasteiger partial charge in [0, 0.05) is 11.1 Å². The quantitative estimate of drug-likeness (QED) is 0.723. The normalized spacial score (nSPS) is 11.8. The van der Waals surface area contributed by atoms with E-state index in [1.807, 2.05) is 32.0 Å². The van der Waals surface area contributed by atoms with E-state index in [-0.39, 0.29) is 18.6 Å². The summed E-state index contributed by atoms with van der Waals surface area (Å²) < 4.78 is 0. The van der Waals surface area contributed by atoms with Crippen molar-refractivity contribution in [2.45, 2.75) is 32.7 Å². The van der Waals surface area contributed by atoms with Gasteiger partial charge < -0.3 is 16.2 Å². The molecule has 0 fully saturated rings. The monoisotopic (exact) mass is 340 g/mol. The Hall–Kier alpha value is -2.66. The van der Waals surface area contributed by atoms with E-state index in [4.69, 9.17) is 5.73 Å².